The normalized spacial score (nSPS) is 27.3. The van der Waals surface area contributed by atoms with Gasteiger partial charge in [0.15, 0.2) is 0 Å². The topological polar surface area (TPSA) is 53.0 Å². The molecule has 0 spiro atoms. The summed E-state index contributed by atoms with van der Waals surface area (Å²) in [4.78, 5) is 0. The van der Waals surface area contributed by atoms with Gasteiger partial charge in [-0.3, -0.25) is 0 Å². The van der Waals surface area contributed by atoms with Crippen LogP contribution in [0, 0.1) is 0 Å². The van der Waals surface area contributed by atoms with E-state index in [1.807, 2.05) is 30.3 Å². The van der Waals surface area contributed by atoms with Crippen molar-refractivity contribution >= 4 is 0 Å². The van der Waals surface area contributed by atoms with Crippen LogP contribution in [0.25, 0.3) is 0 Å². The number of epoxide rings is 1. The molecule has 1 aromatic rings. The monoisotopic (exact) mass is 194 g/mol. The quantitative estimate of drug-likeness (QED) is 0.680. The summed E-state index contributed by atoms with van der Waals surface area (Å²) in [5, 5.41) is 18.0. The van der Waals surface area contributed by atoms with Gasteiger partial charge in [-0.15, -0.1) is 0 Å². The molecule has 2 rings (SSSR count). The van der Waals surface area contributed by atoms with Gasteiger partial charge in [0.1, 0.15) is 12.2 Å². The second kappa shape index (κ2) is 4.09. The van der Waals surface area contributed by atoms with Gasteiger partial charge in [-0.25, -0.2) is 0 Å². The number of benzene rings is 1. The number of rotatable bonds is 4. The van der Waals surface area contributed by atoms with Crippen molar-refractivity contribution in [2.45, 2.75) is 24.7 Å². The summed E-state index contributed by atoms with van der Waals surface area (Å²) >= 11 is 0. The zero-order chi connectivity index (χ0) is 9.97. The van der Waals surface area contributed by atoms with Crippen LogP contribution in [0.3, 0.4) is 0 Å². The van der Waals surface area contributed by atoms with E-state index < -0.39 is 6.10 Å². The van der Waals surface area contributed by atoms with E-state index >= 15 is 0 Å². The number of hydrogen-bond acceptors (Lipinski definition) is 3. The molecule has 1 aliphatic rings. The van der Waals surface area contributed by atoms with E-state index in [0.717, 1.165) is 6.42 Å². The van der Waals surface area contributed by atoms with Crippen molar-refractivity contribution in [2.24, 2.45) is 0 Å². The first-order chi connectivity index (χ1) is 6.81. The highest BCUT2D eigenvalue weighted by atomic mass is 16.6. The summed E-state index contributed by atoms with van der Waals surface area (Å²) in [5.41, 5.74) is 1.20. The molecule has 0 aliphatic carbocycles. The Bertz CT molecular complexity index is 286. The molecular formula is C11H14O3. The maximum Gasteiger partial charge on any atom is 0.113 e. The van der Waals surface area contributed by atoms with Crippen LogP contribution in [0.15, 0.2) is 30.3 Å². The minimum Gasteiger partial charge on any atom is -0.394 e. The van der Waals surface area contributed by atoms with Crippen molar-refractivity contribution in [3.63, 3.8) is 0 Å². The fourth-order valence-corrected chi connectivity index (χ4v) is 1.61. The van der Waals surface area contributed by atoms with Gasteiger partial charge < -0.3 is 14.9 Å². The van der Waals surface area contributed by atoms with E-state index in [1.54, 1.807) is 0 Å². The molecule has 14 heavy (non-hydrogen) atoms. The average Bonchev–Trinajstić information content (AvgIpc) is 2.98. The summed E-state index contributed by atoms with van der Waals surface area (Å²) in [5.74, 6) is 0. The van der Waals surface area contributed by atoms with Crippen molar-refractivity contribution in [1.29, 1.82) is 0 Å². The highest BCUT2D eigenvalue weighted by Gasteiger charge is 2.43. The molecule has 1 unspecified atom stereocenters. The predicted molar refractivity (Wildman–Crippen MR) is 51.9 cm³/mol. The van der Waals surface area contributed by atoms with E-state index in [0.29, 0.717) is 0 Å². The lowest BCUT2D eigenvalue weighted by Gasteiger charge is -2.01. The minimum atomic E-state index is -0.733. The van der Waals surface area contributed by atoms with E-state index in [4.69, 9.17) is 9.84 Å². The molecule has 76 valence electrons. The molecule has 3 nitrogen and oxygen atoms in total. The summed E-state index contributed by atoms with van der Waals surface area (Å²) in [7, 11) is 0. The lowest BCUT2D eigenvalue weighted by atomic mass is 10.1. The lowest BCUT2D eigenvalue weighted by Crippen LogP contribution is -2.21. The molecule has 2 N–H and O–H groups in total. The van der Waals surface area contributed by atoms with Crippen LogP contribution >= 0.6 is 0 Å². The number of aliphatic hydroxyl groups is 2. The molecular weight excluding hydrogens is 180 g/mol. The Morgan fingerprint density at radius 2 is 2.00 bits per heavy atom. The Labute approximate surface area is 83.0 Å². The Morgan fingerprint density at radius 3 is 2.64 bits per heavy atom. The Morgan fingerprint density at radius 1 is 1.29 bits per heavy atom. The largest absolute Gasteiger partial charge is 0.394 e. The predicted octanol–water partition coefficient (Wildman–Crippen LogP) is 0.350. The van der Waals surface area contributed by atoms with Crippen molar-refractivity contribution in [2.75, 3.05) is 6.61 Å². The third kappa shape index (κ3) is 2.12. The molecule has 1 saturated heterocycles. The SMILES string of the molecule is OC[C@@H](O)C1O[C@H]1Cc1ccccc1. The van der Waals surface area contributed by atoms with Gasteiger partial charge >= 0.3 is 0 Å². The van der Waals surface area contributed by atoms with Crippen LogP contribution < -0.4 is 0 Å². The molecule has 3 heteroatoms. The van der Waals surface area contributed by atoms with Crippen LogP contribution in [0.1, 0.15) is 5.56 Å². The second-order valence-corrected chi connectivity index (χ2v) is 3.58. The van der Waals surface area contributed by atoms with Gasteiger partial charge in [-0.1, -0.05) is 30.3 Å². The van der Waals surface area contributed by atoms with Crippen molar-refractivity contribution in [3.05, 3.63) is 35.9 Å². The molecule has 3 atom stereocenters. The Hall–Kier alpha value is -0.900. The van der Waals surface area contributed by atoms with Gasteiger partial charge in [-0.2, -0.15) is 0 Å². The molecule has 1 heterocycles. The number of ether oxygens (including phenoxy) is 1. The van der Waals surface area contributed by atoms with Gasteiger partial charge in [0.25, 0.3) is 0 Å². The highest BCUT2D eigenvalue weighted by Crippen LogP contribution is 2.28. The first-order valence-corrected chi connectivity index (χ1v) is 4.79. The fraction of sp³-hybridized carbons (Fsp3) is 0.455. The summed E-state index contributed by atoms with van der Waals surface area (Å²) < 4.78 is 5.26. The first-order valence-electron chi connectivity index (χ1n) is 4.79. The summed E-state index contributed by atoms with van der Waals surface area (Å²) in [6.07, 6.45) is -0.0359. The van der Waals surface area contributed by atoms with Crippen molar-refractivity contribution in [3.8, 4) is 0 Å². The van der Waals surface area contributed by atoms with E-state index in [1.165, 1.54) is 5.56 Å². The van der Waals surface area contributed by atoms with Crippen molar-refractivity contribution < 1.29 is 14.9 Å². The molecule has 0 aromatic heterocycles. The summed E-state index contributed by atoms with van der Waals surface area (Å²) in [6.45, 7) is -0.226. The zero-order valence-corrected chi connectivity index (χ0v) is 7.84. The third-order valence-corrected chi connectivity index (χ3v) is 2.47. The molecule has 1 aromatic carbocycles. The van der Waals surface area contributed by atoms with Gasteiger partial charge in [0, 0.05) is 6.42 Å². The standard InChI is InChI=1S/C11H14O3/c12-7-9(13)11-10(14-11)6-8-4-2-1-3-5-8/h1-5,9-13H,6-7H2/t9-,10+,11?/m1/s1. The fourth-order valence-electron chi connectivity index (χ4n) is 1.61. The minimum absolute atomic E-state index is 0.0690. The molecule has 1 fully saturated rings. The smallest absolute Gasteiger partial charge is 0.113 e. The van der Waals surface area contributed by atoms with Crippen LogP contribution in [0.4, 0.5) is 0 Å². The maximum absolute atomic E-state index is 9.27. The van der Waals surface area contributed by atoms with Gasteiger partial charge in [-0.05, 0) is 5.56 Å². The van der Waals surface area contributed by atoms with Crippen LogP contribution in [-0.2, 0) is 11.2 Å². The number of aliphatic hydroxyl groups excluding tert-OH is 2. The Balaban J connectivity index is 1.85. The average molecular weight is 194 g/mol. The van der Waals surface area contributed by atoms with Gasteiger partial charge in [0.2, 0.25) is 0 Å². The van der Waals surface area contributed by atoms with E-state index in [2.05, 4.69) is 0 Å². The zero-order valence-electron chi connectivity index (χ0n) is 7.84. The highest BCUT2D eigenvalue weighted by molar-refractivity contribution is 5.17. The van der Waals surface area contributed by atoms with Crippen LogP contribution in [-0.4, -0.2) is 35.1 Å². The molecule has 0 radical (unpaired) electrons. The maximum atomic E-state index is 9.27. The van der Waals surface area contributed by atoms with Crippen LogP contribution in [0.5, 0.6) is 0 Å². The molecule has 0 saturated carbocycles. The van der Waals surface area contributed by atoms with Gasteiger partial charge in [0.05, 0.1) is 12.7 Å². The Kier molecular flexibility index (Phi) is 2.82. The number of hydrogen-bond donors (Lipinski definition) is 2. The molecule has 0 amide bonds. The summed E-state index contributed by atoms with van der Waals surface area (Å²) in [6, 6.07) is 10.00. The van der Waals surface area contributed by atoms with E-state index in [9.17, 15) is 5.11 Å². The lowest BCUT2D eigenvalue weighted by molar-refractivity contribution is 0.0706. The second-order valence-electron chi connectivity index (χ2n) is 3.58. The van der Waals surface area contributed by atoms with Crippen molar-refractivity contribution in [1.82, 2.24) is 0 Å². The molecule has 1 aliphatic heterocycles. The van der Waals surface area contributed by atoms with Crippen LogP contribution in [0.2, 0.25) is 0 Å². The third-order valence-electron chi connectivity index (χ3n) is 2.47. The molecule has 0 bridgehead atoms. The first kappa shape index (κ1) is 9.65. The van der Waals surface area contributed by atoms with E-state index in [-0.39, 0.29) is 18.8 Å².